The molecule has 0 aliphatic heterocycles. The van der Waals surface area contributed by atoms with E-state index in [1.807, 2.05) is 13.8 Å². The van der Waals surface area contributed by atoms with Gasteiger partial charge in [-0.1, -0.05) is 13.8 Å². The third-order valence-corrected chi connectivity index (χ3v) is 3.55. The van der Waals surface area contributed by atoms with Gasteiger partial charge in [-0.3, -0.25) is 0 Å². The second kappa shape index (κ2) is 4.20. The molecule has 1 fully saturated rings. The van der Waals surface area contributed by atoms with E-state index in [0.717, 1.165) is 0 Å². The lowest BCUT2D eigenvalue weighted by atomic mass is 9.66. The van der Waals surface area contributed by atoms with Gasteiger partial charge in [-0.2, -0.15) is 0 Å². The number of ether oxygens (including phenoxy) is 1. The summed E-state index contributed by atoms with van der Waals surface area (Å²) in [7, 11) is 0. The third kappa shape index (κ3) is 2.03. The fourth-order valence-corrected chi connectivity index (χ4v) is 1.97. The third-order valence-electron chi connectivity index (χ3n) is 3.55. The molecule has 0 bridgehead atoms. The summed E-state index contributed by atoms with van der Waals surface area (Å²) in [6.45, 7) is 5.44. The second-order valence-electron chi connectivity index (χ2n) is 5.21. The molecular weight excluding hydrogens is 236 g/mol. The van der Waals surface area contributed by atoms with Gasteiger partial charge in [0.2, 0.25) is 5.75 Å². The van der Waals surface area contributed by atoms with E-state index in [-0.39, 0.29) is 17.7 Å². The molecule has 6 nitrogen and oxygen atoms in total. The predicted octanol–water partition coefficient (Wildman–Crippen LogP) is 1.84. The van der Waals surface area contributed by atoms with Crippen molar-refractivity contribution in [3.63, 3.8) is 0 Å². The number of aliphatic hydroxyl groups is 1. The fraction of sp³-hybridized carbons (Fsp3) is 0.583. The number of aliphatic hydroxyl groups excluding tert-OH is 1. The van der Waals surface area contributed by atoms with Crippen LogP contribution in [0.5, 0.6) is 5.75 Å². The number of hydrogen-bond donors (Lipinski definition) is 1. The summed E-state index contributed by atoms with van der Waals surface area (Å²) in [6, 6.07) is 3.23. The number of hydrogen-bond acceptors (Lipinski definition) is 5. The number of nitro groups is 1. The molecule has 2 unspecified atom stereocenters. The highest BCUT2D eigenvalue weighted by Crippen LogP contribution is 2.43. The average molecular weight is 252 g/mol. The Morgan fingerprint density at radius 1 is 1.56 bits per heavy atom. The van der Waals surface area contributed by atoms with Crippen molar-refractivity contribution in [2.45, 2.75) is 39.4 Å². The first-order valence-corrected chi connectivity index (χ1v) is 5.79. The van der Waals surface area contributed by atoms with Crippen molar-refractivity contribution in [3.8, 4) is 5.75 Å². The van der Waals surface area contributed by atoms with Crippen molar-refractivity contribution in [1.29, 1.82) is 0 Å². The summed E-state index contributed by atoms with van der Waals surface area (Å²) >= 11 is 0. The zero-order valence-electron chi connectivity index (χ0n) is 10.6. The first-order valence-electron chi connectivity index (χ1n) is 5.79. The van der Waals surface area contributed by atoms with Gasteiger partial charge in [-0.05, 0) is 22.0 Å². The maximum absolute atomic E-state index is 10.9. The molecular formula is C12H16N2O4. The Morgan fingerprint density at radius 2 is 2.22 bits per heavy atom. The Morgan fingerprint density at radius 3 is 2.72 bits per heavy atom. The van der Waals surface area contributed by atoms with E-state index in [0.29, 0.717) is 12.1 Å². The topological polar surface area (TPSA) is 85.5 Å². The van der Waals surface area contributed by atoms with E-state index in [4.69, 9.17) is 4.74 Å². The lowest BCUT2D eigenvalue weighted by Gasteiger charge is -2.48. The van der Waals surface area contributed by atoms with Crippen LogP contribution in [0.3, 0.4) is 0 Å². The molecule has 1 heterocycles. The maximum atomic E-state index is 10.9. The molecule has 1 aliphatic carbocycles. The average Bonchev–Trinajstić information content (AvgIpc) is 2.30. The molecule has 98 valence electrons. The monoisotopic (exact) mass is 252 g/mol. The summed E-state index contributed by atoms with van der Waals surface area (Å²) in [6.07, 6.45) is -0.173. The number of pyridine rings is 1. The summed E-state index contributed by atoms with van der Waals surface area (Å²) in [5, 5.41) is 20.5. The van der Waals surface area contributed by atoms with Crippen LogP contribution in [0.1, 0.15) is 26.0 Å². The SMILES string of the molecule is Cc1ccc(OC2CC(O)C2(C)C)c([N+](=O)[O-])n1. The number of rotatable bonds is 3. The number of aryl methyl sites for hydroxylation is 1. The summed E-state index contributed by atoms with van der Waals surface area (Å²) in [5.41, 5.74) is 0.181. The van der Waals surface area contributed by atoms with Crippen molar-refractivity contribution < 1.29 is 14.8 Å². The zero-order valence-corrected chi connectivity index (χ0v) is 10.6. The van der Waals surface area contributed by atoms with Crippen LogP contribution in [0.4, 0.5) is 5.82 Å². The lowest BCUT2D eigenvalue weighted by molar-refractivity contribution is -0.391. The minimum Gasteiger partial charge on any atom is -0.482 e. The quantitative estimate of drug-likeness (QED) is 0.655. The highest BCUT2D eigenvalue weighted by molar-refractivity contribution is 5.40. The van der Waals surface area contributed by atoms with Crippen LogP contribution in [0.15, 0.2) is 12.1 Å². The van der Waals surface area contributed by atoms with Gasteiger partial charge in [0.15, 0.2) is 0 Å². The van der Waals surface area contributed by atoms with Gasteiger partial charge < -0.3 is 20.0 Å². The normalized spacial score (nSPS) is 25.3. The van der Waals surface area contributed by atoms with Crippen LogP contribution < -0.4 is 4.74 Å². The minimum absolute atomic E-state index is 0.163. The molecule has 1 aromatic heterocycles. The molecule has 0 amide bonds. The van der Waals surface area contributed by atoms with Crippen LogP contribution in [-0.2, 0) is 0 Å². The smallest absolute Gasteiger partial charge is 0.406 e. The Labute approximate surface area is 105 Å². The summed E-state index contributed by atoms with van der Waals surface area (Å²) in [5.74, 6) is -0.109. The van der Waals surface area contributed by atoms with Gasteiger partial charge in [-0.25, -0.2) is 0 Å². The standard InChI is InChI=1S/C12H16N2O4/c1-7-4-5-8(11(13-7)14(16)17)18-10-6-9(15)12(10,2)3/h4-5,9-10,15H,6H2,1-3H3. The maximum Gasteiger partial charge on any atom is 0.406 e. The van der Waals surface area contributed by atoms with Crippen molar-refractivity contribution in [1.82, 2.24) is 4.98 Å². The molecule has 0 saturated heterocycles. The van der Waals surface area contributed by atoms with Gasteiger partial charge in [0, 0.05) is 18.8 Å². The highest BCUT2D eigenvalue weighted by atomic mass is 16.6. The highest BCUT2D eigenvalue weighted by Gasteiger charge is 2.49. The van der Waals surface area contributed by atoms with E-state index >= 15 is 0 Å². The minimum atomic E-state index is -0.551. The molecule has 0 aromatic carbocycles. The Kier molecular flexibility index (Phi) is 2.98. The molecule has 0 spiro atoms. The van der Waals surface area contributed by atoms with Crippen LogP contribution in [0, 0.1) is 22.5 Å². The molecule has 1 aromatic rings. The fourth-order valence-electron chi connectivity index (χ4n) is 1.97. The van der Waals surface area contributed by atoms with E-state index in [9.17, 15) is 15.2 Å². The van der Waals surface area contributed by atoms with Crippen LogP contribution in [0.25, 0.3) is 0 Å². The van der Waals surface area contributed by atoms with Gasteiger partial charge in [0.25, 0.3) is 0 Å². The Hall–Kier alpha value is -1.69. The summed E-state index contributed by atoms with van der Waals surface area (Å²) in [4.78, 5) is 14.2. The molecule has 6 heteroatoms. The molecule has 0 radical (unpaired) electrons. The summed E-state index contributed by atoms with van der Waals surface area (Å²) < 4.78 is 5.62. The van der Waals surface area contributed by atoms with Crippen LogP contribution >= 0.6 is 0 Å². The molecule has 2 atom stereocenters. The van der Waals surface area contributed by atoms with Gasteiger partial charge in [-0.15, -0.1) is 0 Å². The Balaban J connectivity index is 2.23. The predicted molar refractivity (Wildman–Crippen MR) is 64.4 cm³/mol. The first kappa shape index (κ1) is 12.8. The van der Waals surface area contributed by atoms with E-state index in [1.165, 1.54) is 0 Å². The van der Waals surface area contributed by atoms with Gasteiger partial charge in [0.05, 0.1) is 6.10 Å². The van der Waals surface area contributed by atoms with Crippen molar-refractivity contribution >= 4 is 5.82 Å². The van der Waals surface area contributed by atoms with Gasteiger partial charge in [0.1, 0.15) is 11.8 Å². The van der Waals surface area contributed by atoms with Crippen LogP contribution in [-0.4, -0.2) is 27.2 Å². The molecule has 1 saturated carbocycles. The van der Waals surface area contributed by atoms with Gasteiger partial charge >= 0.3 is 5.82 Å². The van der Waals surface area contributed by atoms with Crippen LogP contribution in [0.2, 0.25) is 0 Å². The van der Waals surface area contributed by atoms with Crippen molar-refractivity contribution in [3.05, 3.63) is 27.9 Å². The lowest BCUT2D eigenvalue weighted by Crippen LogP contribution is -2.56. The molecule has 1 N–H and O–H groups in total. The second-order valence-corrected chi connectivity index (χ2v) is 5.21. The van der Waals surface area contributed by atoms with E-state index in [1.54, 1.807) is 19.1 Å². The van der Waals surface area contributed by atoms with E-state index in [2.05, 4.69) is 4.98 Å². The van der Waals surface area contributed by atoms with Crippen molar-refractivity contribution in [2.24, 2.45) is 5.41 Å². The number of aromatic nitrogens is 1. The molecule has 18 heavy (non-hydrogen) atoms. The number of nitrogens with zero attached hydrogens (tertiary/aromatic N) is 2. The zero-order chi connectivity index (χ0) is 13.5. The molecule has 2 rings (SSSR count). The van der Waals surface area contributed by atoms with Crippen molar-refractivity contribution in [2.75, 3.05) is 0 Å². The van der Waals surface area contributed by atoms with E-state index < -0.39 is 16.4 Å². The first-order chi connectivity index (χ1) is 8.32. The largest absolute Gasteiger partial charge is 0.482 e. The Bertz CT molecular complexity index is 487. The molecule has 1 aliphatic rings.